The molecule has 0 unspecified atom stereocenters. The first-order valence-corrected chi connectivity index (χ1v) is 8.48. The standard InChI is InChI=1S/C20H16F2N2O5/c1-12-11-16(24-29-12)23-18(25)17(13-7-3-2-4-8-13)28-19(26)14-9-5-6-10-15(14)27-20(21)22/h2-11,17,20H,1H3,(H,23,24,25)/t17-/m0/s1. The van der Waals surface area contributed by atoms with Crippen molar-refractivity contribution >= 4 is 17.7 Å². The third-order valence-corrected chi connectivity index (χ3v) is 3.77. The van der Waals surface area contributed by atoms with Crippen LogP contribution in [-0.2, 0) is 9.53 Å². The van der Waals surface area contributed by atoms with Gasteiger partial charge in [-0.1, -0.05) is 47.6 Å². The van der Waals surface area contributed by atoms with Gasteiger partial charge in [-0.15, -0.1) is 0 Å². The summed E-state index contributed by atoms with van der Waals surface area (Å²) in [6.45, 7) is -1.47. The minimum Gasteiger partial charge on any atom is -0.444 e. The van der Waals surface area contributed by atoms with E-state index in [0.29, 0.717) is 11.3 Å². The van der Waals surface area contributed by atoms with Crippen LogP contribution in [0.5, 0.6) is 5.75 Å². The molecule has 29 heavy (non-hydrogen) atoms. The maximum absolute atomic E-state index is 12.7. The quantitative estimate of drug-likeness (QED) is 0.598. The average Bonchev–Trinajstić information content (AvgIpc) is 3.11. The fourth-order valence-electron chi connectivity index (χ4n) is 2.52. The van der Waals surface area contributed by atoms with Gasteiger partial charge in [0.05, 0.1) is 0 Å². The lowest BCUT2D eigenvalue weighted by atomic mass is 10.1. The Bertz CT molecular complexity index is 991. The molecule has 1 N–H and O–H groups in total. The van der Waals surface area contributed by atoms with Gasteiger partial charge < -0.3 is 19.3 Å². The molecule has 7 nitrogen and oxygen atoms in total. The molecule has 1 atom stereocenters. The molecule has 1 amide bonds. The number of carbonyl (C=O) groups is 2. The average molecular weight is 402 g/mol. The molecule has 0 saturated heterocycles. The Morgan fingerprint density at radius 3 is 2.41 bits per heavy atom. The summed E-state index contributed by atoms with van der Waals surface area (Å²) >= 11 is 0. The van der Waals surface area contributed by atoms with Gasteiger partial charge in [0.2, 0.25) is 6.10 Å². The van der Waals surface area contributed by atoms with Crippen molar-refractivity contribution in [3.8, 4) is 5.75 Å². The van der Waals surface area contributed by atoms with Gasteiger partial charge in [0.15, 0.2) is 5.82 Å². The van der Waals surface area contributed by atoms with E-state index in [4.69, 9.17) is 9.26 Å². The van der Waals surface area contributed by atoms with Crippen LogP contribution in [-0.4, -0.2) is 23.6 Å². The van der Waals surface area contributed by atoms with E-state index in [1.807, 2.05) is 0 Å². The molecule has 1 heterocycles. The molecule has 0 aliphatic carbocycles. The number of anilines is 1. The number of hydrogen-bond acceptors (Lipinski definition) is 6. The van der Waals surface area contributed by atoms with E-state index in [2.05, 4.69) is 15.2 Å². The Labute approximate surface area is 164 Å². The lowest BCUT2D eigenvalue weighted by Gasteiger charge is -2.18. The summed E-state index contributed by atoms with van der Waals surface area (Å²) in [5, 5.41) is 6.16. The minimum atomic E-state index is -3.12. The summed E-state index contributed by atoms with van der Waals surface area (Å²) in [5.74, 6) is -1.42. The lowest BCUT2D eigenvalue weighted by molar-refractivity contribution is -0.125. The molecular formula is C20H16F2N2O5. The molecule has 2 aromatic carbocycles. The fourth-order valence-corrected chi connectivity index (χ4v) is 2.52. The number of hydrogen-bond donors (Lipinski definition) is 1. The van der Waals surface area contributed by atoms with Crippen LogP contribution in [0.1, 0.15) is 27.8 Å². The summed E-state index contributed by atoms with van der Waals surface area (Å²) in [6.07, 6.45) is -1.36. The number of nitrogens with zero attached hydrogens (tertiary/aromatic N) is 1. The summed E-state index contributed by atoms with van der Waals surface area (Å²) in [6, 6.07) is 15.1. The van der Waals surface area contributed by atoms with Gasteiger partial charge in [-0.2, -0.15) is 8.78 Å². The SMILES string of the molecule is Cc1cc(NC(=O)[C@@H](OC(=O)c2ccccc2OC(F)F)c2ccccc2)no1. The second-order valence-electron chi connectivity index (χ2n) is 5.88. The molecule has 0 spiro atoms. The van der Waals surface area contributed by atoms with Gasteiger partial charge >= 0.3 is 12.6 Å². The monoisotopic (exact) mass is 402 g/mol. The van der Waals surface area contributed by atoms with Crippen molar-refractivity contribution in [2.24, 2.45) is 0 Å². The number of nitrogens with one attached hydrogen (secondary N) is 1. The van der Waals surface area contributed by atoms with Crippen molar-refractivity contribution in [2.45, 2.75) is 19.6 Å². The highest BCUT2D eigenvalue weighted by molar-refractivity contribution is 5.98. The molecule has 3 aromatic rings. The number of carbonyl (C=O) groups excluding carboxylic acids is 2. The van der Waals surface area contributed by atoms with E-state index in [1.54, 1.807) is 37.3 Å². The number of ether oxygens (including phenoxy) is 2. The van der Waals surface area contributed by atoms with E-state index < -0.39 is 24.6 Å². The number of aryl methyl sites for hydroxylation is 1. The number of para-hydroxylation sites is 1. The van der Waals surface area contributed by atoms with E-state index in [9.17, 15) is 18.4 Å². The largest absolute Gasteiger partial charge is 0.444 e. The van der Waals surface area contributed by atoms with E-state index >= 15 is 0 Å². The van der Waals surface area contributed by atoms with Gasteiger partial charge in [-0.25, -0.2) is 4.79 Å². The molecule has 0 radical (unpaired) electrons. The maximum Gasteiger partial charge on any atom is 0.387 e. The molecule has 0 saturated carbocycles. The number of esters is 1. The predicted molar refractivity (Wildman–Crippen MR) is 97.5 cm³/mol. The summed E-state index contributed by atoms with van der Waals surface area (Å²) in [5.41, 5.74) is 0.143. The Kier molecular flexibility index (Phi) is 6.18. The van der Waals surface area contributed by atoms with Crippen LogP contribution in [0.25, 0.3) is 0 Å². The Morgan fingerprint density at radius 1 is 1.07 bits per heavy atom. The maximum atomic E-state index is 12.7. The van der Waals surface area contributed by atoms with Crippen LogP contribution in [0.15, 0.2) is 65.2 Å². The molecule has 0 aliphatic rings. The highest BCUT2D eigenvalue weighted by atomic mass is 19.3. The Hall–Kier alpha value is -3.75. The zero-order valence-corrected chi connectivity index (χ0v) is 15.2. The first kappa shape index (κ1) is 20.0. The van der Waals surface area contributed by atoms with E-state index in [0.717, 1.165) is 0 Å². The van der Waals surface area contributed by atoms with Crippen LogP contribution in [0.3, 0.4) is 0 Å². The molecule has 1 aromatic heterocycles. The van der Waals surface area contributed by atoms with Crippen molar-refractivity contribution in [1.29, 1.82) is 0 Å². The number of alkyl halides is 2. The normalized spacial score (nSPS) is 11.7. The summed E-state index contributed by atoms with van der Waals surface area (Å²) < 4.78 is 39.8. The summed E-state index contributed by atoms with van der Waals surface area (Å²) in [4.78, 5) is 25.4. The highest BCUT2D eigenvalue weighted by Gasteiger charge is 2.28. The molecule has 0 fully saturated rings. The second-order valence-corrected chi connectivity index (χ2v) is 5.88. The van der Waals surface area contributed by atoms with Crippen molar-refractivity contribution in [1.82, 2.24) is 5.16 Å². The smallest absolute Gasteiger partial charge is 0.387 e. The molecule has 9 heteroatoms. The van der Waals surface area contributed by atoms with E-state index in [1.165, 1.54) is 30.3 Å². The van der Waals surface area contributed by atoms with Crippen molar-refractivity contribution in [3.05, 3.63) is 77.6 Å². The van der Waals surface area contributed by atoms with Crippen molar-refractivity contribution < 1.29 is 32.4 Å². The molecule has 150 valence electrons. The van der Waals surface area contributed by atoms with Crippen molar-refractivity contribution in [2.75, 3.05) is 5.32 Å². The van der Waals surface area contributed by atoms with Crippen LogP contribution in [0, 0.1) is 6.92 Å². The highest BCUT2D eigenvalue weighted by Crippen LogP contribution is 2.26. The zero-order valence-electron chi connectivity index (χ0n) is 15.2. The lowest BCUT2D eigenvalue weighted by Crippen LogP contribution is -2.26. The second kappa shape index (κ2) is 8.96. The first-order chi connectivity index (χ1) is 13.9. The van der Waals surface area contributed by atoms with E-state index in [-0.39, 0.29) is 17.1 Å². The number of amides is 1. The summed E-state index contributed by atoms with van der Waals surface area (Å²) in [7, 11) is 0. The van der Waals surface area contributed by atoms with Crippen LogP contribution in [0.2, 0.25) is 0 Å². The zero-order chi connectivity index (χ0) is 20.8. The fraction of sp³-hybridized carbons (Fsp3) is 0.150. The van der Waals surface area contributed by atoms with Crippen LogP contribution < -0.4 is 10.1 Å². The van der Waals surface area contributed by atoms with Gasteiger partial charge in [-0.3, -0.25) is 4.79 Å². The third-order valence-electron chi connectivity index (χ3n) is 3.77. The minimum absolute atomic E-state index is 0.144. The van der Waals surface area contributed by atoms with Gasteiger partial charge in [0.1, 0.15) is 17.1 Å². The van der Waals surface area contributed by atoms with Crippen LogP contribution >= 0.6 is 0 Å². The third kappa shape index (κ3) is 5.16. The number of rotatable bonds is 7. The molecule has 0 aliphatic heterocycles. The molecular weight excluding hydrogens is 386 g/mol. The Balaban J connectivity index is 1.86. The van der Waals surface area contributed by atoms with Crippen molar-refractivity contribution in [3.63, 3.8) is 0 Å². The molecule has 3 rings (SSSR count). The molecule has 0 bridgehead atoms. The topological polar surface area (TPSA) is 90.7 Å². The number of benzene rings is 2. The van der Waals surface area contributed by atoms with Crippen LogP contribution in [0.4, 0.5) is 14.6 Å². The van der Waals surface area contributed by atoms with Gasteiger partial charge in [0, 0.05) is 11.6 Å². The predicted octanol–water partition coefficient (Wildman–Crippen LogP) is 4.12. The Morgan fingerprint density at radius 2 is 1.76 bits per heavy atom. The number of halogens is 2. The van der Waals surface area contributed by atoms with Gasteiger partial charge in [-0.05, 0) is 19.1 Å². The van der Waals surface area contributed by atoms with Gasteiger partial charge in [0.25, 0.3) is 5.91 Å². The number of aromatic nitrogens is 1. The first-order valence-electron chi connectivity index (χ1n) is 8.48.